The van der Waals surface area contributed by atoms with Crippen molar-refractivity contribution in [1.29, 1.82) is 0 Å². The maximum absolute atomic E-state index is 13.4. The van der Waals surface area contributed by atoms with Gasteiger partial charge in [0.25, 0.3) is 0 Å². The van der Waals surface area contributed by atoms with E-state index in [-0.39, 0.29) is 11.7 Å². The van der Waals surface area contributed by atoms with Crippen LogP contribution in [0.4, 0.5) is 4.39 Å². The fourth-order valence-electron chi connectivity index (χ4n) is 5.30. The molecule has 39 heavy (non-hydrogen) atoms. The number of piperazine rings is 1. The first-order valence-electron chi connectivity index (χ1n) is 13.9. The number of benzene rings is 2. The van der Waals surface area contributed by atoms with Crippen LogP contribution >= 0.6 is 0 Å². The molecule has 0 saturated carbocycles. The number of ether oxygens (including phenoxy) is 1. The van der Waals surface area contributed by atoms with Gasteiger partial charge in [-0.25, -0.2) is 4.39 Å². The number of likely N-dealkylation sites (tertiary alicyclic amines) is 1. The standard InChI is InChI=1S/C32H37FN4O2/c33-30-7-1-4-26(20-30)10-13-32(38)37-15-3-6-29(24-37)25-39-31-11-8-27(9-12-31)22-35-16-18-36(19-17-35)23-28-5-2-14-34-21-28/h1-2,4-5,7-14,20-21,29H,3,6,15-19,22-25H2/b13-10+/t29-/m0/s1. The Hall–Kier alpha value is -3.55. The van der Waals surface area contributed by atoms with Crippen LogP contribution in [0.3, 0.4) is 0 Å². The average molecular weight is 529 g/mol. The highest BCUT2D eigenvalue weighted by Crippen LogP contribution is 2.21. The highest BCUT2D eigenvalue weighted by molar-refractivity contribution is 5.91. The minimum absolute atomic E-state index is 0.0359. The van der Waals surface area contributed by atoms with Gasteiger partial charge in [0.2, 0.25) is 5.91 Å². The topological polar surface area (TPSA) is 48.9 Å². The molecule has 1 atom stereocenters. The molecule has 2 aliphatic heterocycles. The van der Waals surface area contributed by atoms with Gasteiger partial charge in [0.1, 0.15) is 11.6 Å². The third-order valence-corrected chi connectivity index (χ3v) is 7.51. The summed E-state index contributed by atoms with van der Waals surface area (Å²) < 4.78 is 19.5. The van der Waals surface area contributed by atoms with E-state index in [4.69, 9.17) is 4.74 Å². The average Bonchev–Trinajstić information content (AvgIpc) is 2.97. The van der Waals surface area contributed by atoms with Crippen molar-refractivity contribution in [2.75, 3.05) is 45.9 Å². The third-order valence-electron chi connectivity index (χ3n) is 7.51. The zero-order valence-corrected chi connectivity index (χ0v) is 22.4. The maximum atomic E-state index is 13.4. The first kappa shape index (κ1) is 27.0. The highest BCUT2D eigenvalue weighted by Gasteiger charge is 2.23. The summed E-state index contributed by atoms with van der Waals surface area (Å²) in [5, 5.41) is 0. The van der Waals surface area contributed by atoms with Gasteiger partial charge in [-0.1, -0.05) is 30.3 Å². The molecule has 7 heteroatoms. The van der Waals surface area contributed by atoms with Crippen LogP contribution in [0.15, 0.2) is 79.1 Å². The number of nitrogens with zero attached hydrogens (tertiary/aromatic N) is 4. The van der Waals surface area contributed by atoms with Gasteiger partial charge in [-0.2, -0.15) is 0 Å². The summed E-state index contributed by atoms with van der Waals surface area (Å²) in [5.41, 5.74) is 3.25. The lowest BCUT2D eigenvalue weighted by Crippen LogP contribution is -2.45. The van der Waals surface area contributed by atoms with Crippen molar-refractivity contribution in [2.45, 2.75) is 25.9 Å². The lowest BCUT2D eigenvalue weighted by Gasteiger charge is -2.34. The Balaban J connectivity index is 1.03. The van der Waals surface area contributed by atoms with Gasteiger partial charge in [0.05, 0.1) is 6.61 Å². The van der Waals surface area contributed by atoms with Crippen LogP contribution in [-0.4, -0.2) is 71.5 Å². The summed E-state index contributed by atoms with van der Waals surface area (Å²) in [7, 11) is 0. The lowest BCUT2D eigenvalue weighted by atomic mass is 9.99. The molecular formula is C32H37FN4O2. The van der Waals surface area contributed by atoms with E-state index >= 15 is 0 Å². The summed E-state index contributed by atoms with van der Waals surface area (Å²) in [6.45, 7) is 8.19. The Morgan fingerprint density at radius 3 is 2.44 bits per heavy atom. The maximum Gasteiger partial charge on any atom is 0.246 e. The number of rotatable bonds is 9. The summed E-state index contributed by atoms with van der Waals surface area (Å²) in [5.74, 6) is 0.830. The number of halogens is 1. The van der Waals surface area contributed by atoms with Crippen LogP contribution in [-0.2, 0) is 17.9 Å². The Morgan fingerprint density at radius 1 is 0.949 bits per heavy atom. The predicted octanol–water partition coefficient (Wildman–Crippen LogP) is 4.87. The zero-order chi connectivity index (χ0) is 26.9. The van der Waals surface area contributed by atoms with E-state index < -0.39 is 0 Å². The second-order valence-electron chi connectivity index (χ2n) is 10.5. The van der Waals surface area contributed by atoms with E-state index in [1.807, 2.05) is 23.4 Å². The van der Waals surface area contributed by atoms with Crippen LogP contribution < -0.4 is 4.74 Å². The van der Waals surface area contributed by atoms with Gasteiger partial charge in [0.15, 0.2) is 0 Å². The smallest absolute Gasteiger partial charge is 0.246 e. The Kier molecular flexibility index (Phi) is 9.35. The molecule has 5 rings (SSSR count). The molecule has 0 unspecified atom stereocenters. The summed E-state index contributed by atoms with van der Waals surface area (Å²) in [6, 6.07) is 18.8. The molecule has 3 heterocycles. The van der Waals surface area contributed by atoms with E-state index in [9.17, 15) is 9.18 Å². The zero-order valence-electron chi connectivity index (χ0n) is 22.4. The SMILES string of the molecule is O=C(/C=C/c1cccc(F)c1)N1CCC[C@H](COc2ccc(CN3CCN(Cc4cccnc4)CC3)cc2)C1. The van der Waals surface area contributed by atoms with Crippen LogP contribution in [0.5, 0.6) is 5.75 Å². The third kappa shape index (κ3) is 8.22. The fourth-order valence-corrected chi connectivity index (χ4v) is 5.30. The van der Waals surface area contributed by atoms with Gasteiger partial charge in [-0.15, -0.1) is 0 Å². The predicted molar refractivity (Wildman–Crippen MR) is 151 cm³/mol. The van der Waals surface area contributed by atoms with Crippen molar-refractivity contribution in [3.05, 3.63) is 102 Å². The molecule has 1 amide bonds. The molecule has 2 fully saturated rings. The molecule has 0 aliphatic carbocycles. The van der Waals surface area contributed by atoms with Crippen molar-refractivity contribution >= 4 is 12.0 Å². The summed E-state index contributed by atoms with van der Waals surface area (Å²) in [6.07, 6.45) is 8.99. The summed E-state index contributed by atoms with van der Waals surface area (Å²) in [4.78, 5) is 23.8. The molecule has 2 saturated heterocycles. The van der Waals surface area contributed by atoms with E-state index in [0.717, 1.165) is 64.4 Å². The fraction of sp³-hybridized carbons (Fsp3) is 0.375. The quantitative estimate of drug-likeness (QED) is 0.371. The molecule has 2 aromatic carbocycles. The number of hydrogen-bond acceptors (Lipinski definition) is 5. The van der Waals surface area contributed by atoms with E-state index in [0.29, 0.717) is 24.6 Å². The summed E-state index contributed by atoms with van der Waals surface area (Å²) >= 11 is 0. The van der Waals surface area contributed by atoms with Crippen LogP contribution in [0.2, 0.25) is 0 Å². The molecule has 6 nitrogen and oxygen atoms in total. The van der Waals surface area contributed by atoms with Crippen LogP contribution in [0.1, 0.15) is 29.5 Å². The second-order valence-corrected chi connectivity index (χ2v) is 10.5. The Labute approximate surface area is 230 Å². The molecule has 2 aliphatic rings. The van der Waals surface area contributed by atoms with Gasteiger partial charge < -0.3 is 9.64 Å². The largest absolute Gasteiger partial charge is 0.493 e. The monoisotopic (exact) mass is 528 g/mol. The highest BCUT2D eigenvalue weighted by atomic mass is 19.1. The van der Waals surface area contributed by atoms with Crippen LogP contribution in [0.25, 0.3) is 6.08 Å². The molecule has 1 aromatic heterocycles. The molecular weight excluding hydrogens is 491 g/mol. The van der Waals surface area contributed by atoms with E-state index in [2.05, 4.69) is 45.1 Å². The Morgan fingerprint density at radius 2 is 1.72 bits per heavy atom. The molecule has 0 N–H and O–H groups in total. The van der Waals surface area contributed by atoms with E-state index in [1.54, 1.807) is 18.2 Å². The number of pyridine rings is 1. The number of piperidine rings is 1. The first-order valence-corrected chi connectivity index (χ1v) is 13.9. The number of aromatic nitrogens is 1. The minimum atomic E-state index is -0.302. The number of carbonyl (C=O) groups is 1. The van der Waals surface area contributed by atoms with E-state index in [1.165, 1.54) is 29.3 Å². The number of hydrogen-bond donors (Lipinski definition) is 0. The lowest BCUT2D eigenvalue weighted by molar-refractivity contribution is -0.127. The Bertz CT molecular complexity index is 1230. The van der Waals surface area contributed by atoms with Gasteiger partial charge >= 0.3 is 0 Å². The van der Waals surface area contributed by atoms with Gasteiger partial charge in [-0.3, -0.25) is 19.6 Å². The van der Waals surface area contributed by atoms with Gasteiger partial charge in [0, 0.05) is 76.7 Å². The number of amides is 1. The minimum Gasteiger partial charge on any atom is -0.493 e. The number of carbonyl (C=O) groups excluding carboxylic acids is 1. The van der Waals surface area contributed by atoms with Crippen molar-refractivity contribution in [3.63, 3.8) is 0 Å². The molecule has 204 valence electrons. The van der Waals surface area contributed by atoms with Crippen molar-refractivity contribution in [1.82, 2.24) is 19.7 Å². The van der Waals surface area contributed by atoms with Gasteiger partial charge in [-0.05, 0) is 65.9 Å². The first-order chi connectivity index (χ1) is 19.1. The molecule has 0 spiro atoms. The molecule has 0 bridgehead atoms. The van der Waals surface area contributed by atoms with Crippen molar-refractivity contribution in [2.24, 2.45) is 5.92 Å². The van der Waals surface area contributed by atoms with Crippen LogP contribution in [0, 0.1) is 11.7 Å². The van der Waals surface area contributed by atoms with Crippen molar-refractivity contribution in [3.8, 4) is 5.75 Å². The molecule has 3 aromatic rings. The second kappa shape index (κ2) is 13.5. The van der Waals surface area contributed by atoms with Crippen molar-refractivity contribution < 1.29 is 13.9 Å². The normalized spacial score (nSPS) is 18.9. The molecule has 0 radical (unpaired) electrons.